The molecule has 0 radical (unpaired) electrons. The molecule has 190 valence electrons. The van der Waals surface area contributed by atoms with Crippen LogP contribution >= 0.6 is 0 Å². The number of hydrogen-bond acceptors (Lipinski definition) is 3. The van der Waals surface area contributed by atoms with Gasteiger partial charge >= 0.3 is 12.1 Å². The van der Waals surface area contributed by atoms with Crippen molar-refractivity contribution in [2.24, 2.45) is 11.8 Å². The van der Waals surface area contributed by atoms with Crippen molar-refractivity contribution in [2.45, 2.75) is 89.1 Å². The fourth-order valence-electron chi connectivity index (χ4n) is 6.52. The molecule has 2 aromatic rings. The first-order valence-electron chi connectivity index (χ1n) is 13.0. The molecular formula is C28H34F3NO3. The quantitative estimate of drug-likeness (QED) is 0.491. The van der Waals surface area contributed by atoms with Gasteiger partial charge in [0.1, 0.15) is 11.3 Å². The van der Waals surface area contributed by atoms with E-state index in [1.54, 1.807) is 18.2 Å². The third-order valence-electron chi connectivity index (χ3n) is 8.48. The van der Waals surface area contributed by atoms with Gasteiger partial charge in [-0.15, -0.1) is 0 Å². The van der Waals surface area contributed by atoms with Gasteiger partial charge in [-0.3, -0.25) is 9.69 Å². The summed E-state index contributed by atoms with van der Waals surface area (Å²) < 4.78 is 48.8. The van der Waals surface area contributed by atoms with Gasteiger partial charge in [0, 0.05) is 18.6 Å². The normalized spacial score (nSPS) is 29.4. The molecule has 35 heavy (non-hydrogen) atoms. The molecule has 2 unspecified atom stereocenters. The minimum Gasteiger partial charge on any atom is -0.490 e. The number of rotatable bonds is 6. The number of piperidine rings is 1. The number of carboxylic acid groups (broad SMARTS) is 1. The number of nitrogens with zero attached hydrogens (tertiary/aromatic N) is 1. The van der Waals surface area contributed by atoms with Crippen LogP contribution in [0.5, 0.6) is 5.75 Å². The van der Waals surface area contributed by atoms with E-state index in [0.717, 1.165) is 50.6 Å². The second-order valence-electron chi connectivity index (χ2n) is 10.9. The molecule has 0 aromatic heterocycles. The summed E-state index contributed by atoms with van der Waals surface area (Å²) in [5, 5.41) is 10.2. The van der Waals surface area contributed by atoms with Crippen LogP contribution in [0.4, 0.5) is 13.2 Å². The first-order valence-corrected chi connectivity index (χ1v) is 13.0. The molecular weight excluding hydrogens is 455 g/mol. The number of fused-ring (bicyclic) bond motifs is 3. The van der Waals surface area contributed by atoms with Gasteiger partial charge in [-0.05, 0) is 86.1 Å². The Hall–Kier alpha value is -2.28. The van der Waals surface area contributed by atoms with Crippen LogP contribution in [-0.2, 0) is 17.4 Å². The molecule has 0 spiro atoms. The van der Waals surface area contributed by atoms with Crippen LogP contribution < -0.4 is 4.74 Å². The number of benzene rings is 2. The second kappa shape index (κ2) is 9.64. The molecule has 7 heteroatoms. The summed E-state index contributed by atoms with van der Waals surface area (Å²) in [6.45, 7) is 2.92. The van der Waals surface area contributed by atoms with E-state index >= 15 is 0 Å². The van der Waals surface area contributed by atoms with Crippen molar-refractivity contribution in [3.8, 4) is 5.75 Å². The topological polar surface area (TPSA) is 49.8 Å². The zero-order valence-electron chi connectivity index (χ0n) is 20.2. The molecule has 2 aromatic carbocycles. The molecule has 0 amide bonds. The van der Waals surface area contributed by atoms with Gasteiger partial charge in [-0.2, -0.15) is 13.2 Å². The number of alkyl halides is 3. The molecule has 1 aliphatic carbocycles. The van der Waals surface area contributed by atoms with E-state index < -0.39 is 17.7 Å². The van der Waals surface area contributed by atoms with Crippen molar-refractivity contribution >= 4 is 16.7 Å². The van der Waals surface area contributed by atoms with Gasteiger partial charge in [0.2, 0.25) is 0 Å². The van der Waals surface area contributed by atoms with Crippen LogP contribution in [0.2, 0.25) is 0 Å². The maximum absolute atomic E-state index is 14.3. The van der Waals surface area contributed by atoms with Gasteiger partial charge in [0.15, 0.2) is 0 Å². The Morgan fingerprint density at radius 2 is 1.69 bits per heavy atom. The van der Waals surface area contributed by atoms with Crippen molar-refractivity contribution in [2.75, 3.05) is 6.54 Å². The fourth-order valence-corrected chi connectivity index (χ4v) is 6.52. The van der Waals surface area contributed by atoms with Crippen LogP contribution in [0.25, 0.3) is 10.8 Å². The SMILES string of the molecule is C[C@H]1CC[C@@H](Oc2ccc3ccc(CCN4C5CC[C@H]4CC(C(=O)O)C5)cc3c2C(F)(F)F)CC1. The standard InChI is InChI=1S/C28H34F3NO3/c1-17-2-9-23(10-3-17)35-25-11-6-19-5-4-18(14-24(19)26(25)28(29,30)31)12-13-32-21-7-8-22(32)16-20(15-21)27(33)34/h4-6,11,14,17,20-23H,2-3,7-10,12-13,15-16H2,1H3,(H,33,34)/t17-,20?,21-,22?,23+/m0/s1. The lowest BCUT2D eigenvalue weighted by Gasteiger charge is -2.37. The van der Waals surface area contributed by atoms with Crippen molar-refractivity contribution in [3.63, 3.8) is 0 Å². The smallest absolute Gasteiger partial charge is 0.420 e. The summed E-state index contributed by atoms with van der Waals surface area (Å²) in [7, 11) is 0. The van der Waals surface area contributed by atoms with Crippen molar-refractivity contribution in [3.05, 3.63) is 41.5 Å². The Labute approximate surface area is 204 Å². The highest BCUT2D eigenvalue weighted by Gasteiger charge is 2.42. The number of carbonyl (C=O) groups is 1. The first kappa shape index (κ1) is 24.4. The third kappa shape index (κ3) is 5.16. The number of ether oxygens (including phenoxy) is 1. The predicted molar refractivity (Wildman–Crippen MR) is 129 cm³/mol. The summed E-state index contributed by atoms with van der Waals surface area (Å²) in [4.78, 5) is 13.8. The van der Waals surface area contributed by atoms with Crippen molar-refractivity contribution < 1.29 is 27.8 Å². The van der Waals surface area contributed by atoms with E-state index in [1.807, 2.05) is 6.07 Å². The summed E-state index contributed by atoms with van der Waals surface area (Å²) in [6.07, 6.45) is 2.86. The maximum atomic E-state index is 14.3. The van der Waals surface area contributed by atoms with Crippen molar-refractivity contribution in [1.29, 1.82) is 0 Å². The van der Waals surface area contributed by atoms with Gasteiger partial charge in [-0.1, -0.05) is 31.2 Å². The predicted octanol–water partition coefficient (Wildman–Crippen LogP) is 6.69. The van der Waals surface area contributed by atoms with Crippen LogP contribution in [0, 0.1) is 11.8 Å². The van der Waals surface area contributed by atoms with Crippen LogP contribution in [0.1, 0.15) is 69.4 Å². The molecule has 1 N–H and O–H groups in total. The number of aliphatic carboxylic acids is 1. The molecule has 3 aliphatic rings. The Morgan fingerprint density at radius 1 is 1.03 bits per heavy atom. The third-order valence-corrected chi connectivity index (χ3v) is 8.48. The lowest BCUT2D eigenvalue weighted by atomic mass is 9.89. The Kier molecular flexibility index (Phi) is 6.73. The fraction of sp³-hybridized carbons (Fsp3) is 0.607. The van der Waals surface area contributed by atoms with E-state index in [1.165, 1.54) is 6.07 Å². The molecule has 1 saturated carbocycles. The Bertz CT molecular complexity index is 1060. The average molecular weight is 490 g/mol. The lowest BCUT2D eigenvalue weighted by molar-refractivity contribution is -0.144. The Balaban J connectivity index is 1.36. The van der Waals surface area contributed by atoms with Gasteiger partial charge in [-0.25, -0.2) is 0 Å². The molecule has 5 rings (SSSR count). The minimum atomic E-state index is -4.51. The molecule has 2 aliphatic heterocycles. The first-order chi connectivity index (χ1) is 16.7. The lowest BCUT2D eigenvalue weighted by Crippen LogP contribution is -2.45. The van der Waals surface area contributed by atoms with E-state index in [-0.39, 0.29) is 35.2 Å². The van der Waals surface area contributed by atoms with Gasteiger partial charge in [0.25, 0.3) is 0 Å². The molecule has 2 bridgehead atoms. The largest absolute Gasteiger partial charge is 0.490 e. The average Bonchev–Trinajstić information content (AvgIpc) is 3.04. The van der Waals surface area contributed by atoms with E-state index in [2.05, 4.69) is 11.8 Å². The second-order valence-corrected chi connectivity index (χ2v) is 10.9. The maximum Gasteiger partial charge on any atom is 0.420 e. The van der Waals surface area contributed by atoms with Crippen LogP contribution in [0.15, 0.2) is 30.3 Å². The van der Waals surface area contributed by atoms with Gasteiger partial charge in [0.05, 0.1) is 12.0 Å². The van der Waals surface area contributed by atoms with Crippen LogP contribution in [0.3, 0.4) is 0 Å². The van der Waals surface area contributed by atoms with E-state index in [9.17, 15) is 23.1 Å². The number of carboxylic acids is 1. The highest BCUT2D eigenvalue weighted by atomic mass is 19.4. The summed E-state index contributed by atoms with van der Waals surface area (Å²) in [5.74, 6) is -0.446. The zero-order valence-corrected chi connectivity index (χ0v) is 20.2. The molecule has 2 heterocycles. The summed E-state index contributed by atoms with van der Waals surface area (Å²) in [5.41, 5.74) is 0.198. The zero-order chi connectivity index (χ0) is 24.7. The monoisotopic (exact) mass is 489 g/mol. The number of hydrogen-bond donors (Lipinski definition) is 1. The molecule has 3 fully saturated rings. The van der Waals surface area contributed by atoms with Crippen LogP contribution in [-0.4, -0.2) is 40.7 Å². The van der Waals surface area contributed by atoms with Crippen molar-refractivity contribution in [1.82, 2.24) is 4.90 Å². The number of halogens is 3. The molecule has 3 atom stereocenters. The molecule has 4 nitrogen and oxygen atoms in total. The van der Waals surface area contributed by atoms with E-state index in [0.29, 0.717) is 30.6 Å². The Morgan fingerprint density at radius 3 is 2.31 bits per heavy atom. The highest BCUT2D eigenvalue weighted by Crippen LogP contribution is 2.43. The van der Waals surface area contributed by atoms with Gasteiger partial charge < -0.3 is 9.84 Å². The highest BCUT2D eigenvalue weighted by molar-refractivity contribution is 5.89. The summed E-state index contributed by atoms with van der Waals surface area (Å²) >= 11 is 0. The summed E-state index contributed by atoms with van der Waals surface area (Å²) in [6, 6.07) is 9.10. The molecule has 2 saturated heterocycles. The minimum absolute atomic E-state index is 0.0597. The van der Waals surface area contributed by atoms with E-state index in [4.69, 9.17) is 4.74 Å².